The minimum atomic E-state index is -1.15. The number of terminal acetylenes is 1. The number of imidazole rings is 1. The average molecular weight is 515 g/mol. The van der Waals surface area contributed by atoms with Crippen LogP contribution < -0.4 is 4.90 Å². The van der Waals surface area contributed by atoms with Crippen LogP contribution in [-0.4, -0.2) is 48.7 Å². The molecule has 0 aromatic carbocycles. The molecule has 0 spiro atoms. The van der Waals surface area contributed by atoms with Crippen LogP contribution in [0.3, 0.4) is 0 Å². The molecule has 0 aliphatic heterocycles. The number of aromatic nitrogens is 5. The van der Waals surface area contributed by atoms with Gasteiger partial charge in [-0.1, -0.05) is 20.3 Å². The number of aromatic carboxylic acids is 1. The highest BCUT2D eigenvalue weighted by atomic mass is 16.4. The predicted molar refractivity (Wildman–Crippen MR) is 149 cm³/mol. The second-order valence-electron chi connectivity index (χ2n) is 11.5. The molecular formula is C30H38N6O2. The van der Waals surface area contributed by atoms with Crippen LogP contribution >= 0.6 is 0 Å². The van der Waals surface area contributed by atoms with Crippen LogP contribution in [0.2, 0.25) is 0 Å². The first-order chi connectivity index (χ1) is 18.3. The number of carbonyl (C=O) groups is 1. The Morgan fingerprint density at radius 2 is 1.89 bits per heavy atom. The number of pyridine rings is 1. The minimum Gasteiger partial charge on any atom is -0.475 e. The van der Waals surface area contributed by atoms with Crippen molar-refractivity contribution in [3.63, 3.8) is 0 Å². The van der Waals surface area contributed by atoms with E-state index in [4.69, 9.17) is 16.4 Å². The Morgan fingerprint density at radius 1 is 1.16 bits per heavy atom. The zero-order valence-corrected chi connectivity index (χ0v) is 22.9. The van der Waals surface area contributed by atoms with Crippen LogP contribution in [0.1, 0.15) is 87.8 Å². The largest absolute Gasteiger partial charge is 0.475 e. The van der Waals surface area contributed by atoms with E-state index in [0.29, 0.717) is 41.0 Å². The molecule has 2 aliphatic rings. The van der Waals surface area contributed by atoms with E-state index in [1.54, 1.807) is 0 Å². The van der Waals surface area contributed by atoms with Gasteiger partial charge in [-0.15, -0.1) is 12.3 Å². The number of hydrogen-bond acceptors (Lipinski definition) is 6. The molecule has 8 nitrogen and oxygen atoms in total. The van der Waals surface area contributed by atoms with Crippen molar-refractivity contribution in [1.82, 2.24) is 24.5 Å². The highest BCUT2D eigenvalue weighted by molar-refractivity contribution is 5.92. The summed E-state index contributed by atoms with van der Waals surface area (Å²) in [6.45, 7) is 7.26. The van der Waals surface area contributed by atoms with Gasteiger partial charge >= 0.3 is 5.97 Å². The molecule has 0 radical (unpaired) electrons. The molecule has 2 aliphatic carbocycles. The molecule has 2 fully saturated rings. The van der Waals surface area contributed by atoms with Gasteiger partial charge in [0.1, 0.15) is 11.2 Å². The third kappa shape index (κ3) is 4.99. The van der Waals surface area contributed by atoms with E-state index in [0.717, 1.165) is 43.4 Å². The van der Waals surface area contributed by atoms with Gasteiger partial charge in [-0.3, -0.25) is 4.98 Å². The van der Waals surface area contributed by atoms with E-state index in [1.807, 2.05) is 19.3 Å². The van der Waals surface area contributed by atoms with E-state index in [1.165, 1.54) is 24.8 Å². The molecule has 3 heterocycles. The van der Waals surface area contributed by atoms with Crippen molar-refractivity contribution in [2.24, 2.45) is 17.8 Å². The maximum Gasteiger partial charge on any atom is 0.374 e. The molecule has 0 saturated heterocycles. The maximum absolute atomic E-state index is 12.0. The van der Waals surface area contributed by atoms with Gasteiger partial charge in [0.2, 0.25) is 5.82 Å². The van der Waals surface area contributed by atoms with E-state index < -0.39 is 5.97 Å². The number of rotatable bonds is 8. The molecule has 2 saturated carbocycles. The molecule has 1 atom stereocenters. The van der Waals surface area contributed by atoms with Crippen molar-refractivity contribution in [2.75, 3.05) is 11.9 Å². The molecule has 5 rings (SSSR count). The Morgan fingerprint density at radius 3 is 2.50 bits per heavy atom. The molecule has 200 valence electrons. The predicted octanol–water partition coefficient (Wildman–Crippen LogP) is 5.77. The molecule has 38 heavy (non-hydrogen) atoms. The first-order valence-electron chi connectivity index (χ1n) is 13.9. The van der Waals surface area contributed by atoms with Gasteiger partial charge in [-0.05, 0) is 80.9 Å². The van der Waals surface area contributed by atoms with Gasteiger partial charge in [-0.25, -0.2) is 19.7 Å². The molecule has 3 aromatic rings. The average Bonchev–Trinajstić information content (AvgIpc) is 3.25. The van der Waals surface area contributed by atoms with Crippen LogP contribution in [0.5, 0.6) is 0 Å². The number of hydrogen-bond donors (Lipinski definition) is 1. The SMILES string of the molecule is C#CC1CCC(Cn2c(-c3cc(C(C)C)ccn3)nc3nc(C(=O)O)nc(N(C)C(C)C4CCC4)c32)CC1. The van der Waals surface area contributed by atoms with Crippen LogP contribution in [0.25, 0.3) is 22.7 Å². The van der Waals surface area contributed by atoms with E-state index in [9.17, 15) is 9.90 Å². The summed E-state index contributed by atoms with van der Waals surface area (Å²) in [5.74, 6) is 4.59. The Hall–Kier alpha value is -3.47. The van der Waals surface area contributed by atoms with Crippen molar-refractivity contribution < 1.29 is 9.90 Å². The Balaban J connectivity index is 1.68. The summed E-state index contributed by atoms with van der Waals surface area (Å²) >= 11 is 0. The maximum atomic E-state index is 12.0. The van der Waals surface area contributed by atoms with Gasteiger partial charge in [-0.2, -0.15) is 0 Å². The highest BCUT2D eigenvalue weighted by Gasteiger charge is 2.32. The summed E-state index contributed by atoms with van der Waals surface area (Å²) < 4.78 is 2.20. The summed E-state index contributed by atoms with van der Waals surface area (Å²) in [7, 11) is 2.02. The lowest BCUT2D eigenvalue weighted by molar-refractivity contribution is 0.0684. The van der Waals surface area contributed by atoms with E-state index in [-0.39, 0.29) is 11.9 Å². The van der Waals surface area contributed by atoms with Crippen LogP contribution in [0, 0.1) is 30.1 Å². The Bertz CT molecular complexity index is 1360. The molecular weight excluding hydrogens is 476 g/mol. The zero-order valence-electron chi connectivity index (χ0n) is 22.9. The monoisotopic (exact) mass is 514 g/mol. The molecule has 1 unspecified atom stereocenters. The molecule has 0 bridgehead atoms. The number of anilines is 1. The van der Waals surface area contributed by atoms with Crippen molar-refractivity contribution in [3.05, 3.63) is 29.7 Å². The smallest absolute Gasteiger partial charge is 0.374 e. The van der Waals surface area contributed by atoms with Crippen molar-refractivity contribution in [2.45, 2.75) is 84.2 Å². The normalized spacial score (nSPS) is 20.7. The standard InChI is InChI=1S/C30H38N6O2/c1-6-20-10-12-21(13-11-20)17-36-25-26(33-28(36)24-16-23(18(2)3)14-15-31-24)32-27(30(37)38)34-29(25)35(5)19(4)22-8-7-9-22/h1,14-16,18-22H,7-13,17H2,2-5H3,(H,37,38). The molecule has 8 heteroatoms. The van der Waals surface area contributed by atoms with E-state index in [2.05, 4.69) is 52.2 Å². The topological polar surface area (TPSA) is 97.0 Å². The lowest BCUT2D eigenvalue weighted by Gasteiger charge is -2.38. The first kappa shape index (κ1) is 26.1. The lowest BCUT2D eigenvalue weighted by atomic mass is 9.80. The van der Waals surface area contributed by atoms with Gasteiger partial charge in [0.05, 0.1) is 0 Å². The van der Waals surface area contributed by atoms with E-state index >= 15 is 0 Å². The fourth-order valence-corrected chi connectivity index (χ4v) is 5.86. The number of carboxylic acids is 1. The molecule has 0 amide bonds. The summed E-state index contributed by atoms with van der Waals surface area (Å²) in [5, 5.41) is 9.85. The number of fused-ring (bicyclic) bond motifs is 1. The minimum absolute atomic E-state index is 0.226. The number of nitrogens with zero attached hydrogens (tertiary/aromatic N) is 6. The van der Waals surface area contributed by atoms with Gasteiger partial charge < -0.3 is 14.6 Å². The fourth-order valence-electron chi connectivity index (χ4n) is 5.86. The van der Waals surface area contributed by atoms with Crippen LogP contribution in [-0.2, 0) is 6.54 Å². The van der Waals surface area contributed by atoms with Crippen molar-refractivity contribution in [1.29, 1.82) is 0 Å². The summed E-state index contributed by atoms with van der Waals surface area (Å²) in [6.07, 6.45) is 15.3. The Labute approximate surface area is 224 Å². The summed E-state index contributed by atoms with van der Waals surface area (Å²) in [5.41, 5.74) is 3.14. The second kappa shape index (κ2) is 10.7. The second-order valence-corrected chi connectivity index (χ2v) is 11.5. The van der Waals surface area contributed by atoms with Crippen LogP contribution in [0.15, 0.2) is 18.3 Å². The van der Waals surface area contributed by atoms with Crippen molar-refractivity contribution >= 4 is 23.0 Å². The Kier molecular flexibility index (Phi) is 7.38. The van der Waals surface area contributed by atoms with Gasteiger partial charge in [0, 0.05) is 31.7 Å². The quantitative estimate of drug-likeness (QED) is 0.381. The van der Waals surface area contributed by atoms with Gasteiger partial charge in [0.25, 0.3) is 0 Å². The number of carboxylic acid groups (broad SMARTS) is 1. The van der Waals surface area contributed by atoms with Gasteiger partial charge in [0.15, 0.2) is 17.3 Å². The summed E-state index contributed by atoms with van der Waals surface area (Å²) in [6, 6.07) is 4.34. The molecule has 3 aromatic heterocycles. The summed E-state index contributed by atoms with van der Waals surface area (Å²) in [4.78, 5) is 32.8. The first-order valence-corrected chi connectivity index (χ1v) is 13.9. The third-order valence-electron chi connectivity index (χ3n) is 8.76. The zero-order chi connectivity index (χ0) is 27.0. The molecule has 1 N–H and O–H groups in total. The lowest BCUT2D eigenvalue weighted by Crippen LogP contribution is -2.39. The van der Waals surface area contributed by atoms with Crippen LogP contribution in [0.4, 0.5) is 5.82 Å². The fraction of sp³-hybridized carbons (Fsp3) is 0.567. The third-order valence-corrected chi connectivity index (χ3v) is 8.76. The van der Waals surface area contributed by atoms with Crippen molar-refractivity contribution in [3.8, 4) is 23.9 Å². The highest BCUT2D eigenvalue weighted by Crippen LogP contribution is 2.38.